The topological polar surface area (TPSA) is 72.5 Å². The van der Waals surface area contributed by atoms with Crippen molar-refractivity contribution in [2.75, 3.05) is 5.32 Å². The Labute approximate surface area is 105 Å². The fourth-order valence-electron chi connectivity index (χ4n) is 1.33. The standard InChI is InChI=1S/C13H15NO4/c1-8(15)11-4-6-12(7-5-11)14-13(17)9(2)18-10(3)16/h4-7,9H,1-3H3,(H,14,17)/t9-/m0/s1. The number of carbonyl (C=O) groups excluding carboxylic acids is 3. The lowest BCUT2D eigenvalue weighted by Crippen LogP contribution is -2.29. The summed E-state index contributed by atoms with van der Waals surface area (Å²) in [5.74, 6) is -0.966. The molecular formula is C13H15NO4. The zero-order valence-electron chi connectivity index (χ0n) is 10.5. The van der Waals surface area contributed by atoms with E-state index < -0.39 is 18.0 Å². The minimum Gasteiger partial charge on any atom is -0.453 e. The van der Waals surface area contributed by atoms with Crippen LogP contribution in [0.15, 0.2) is 24.3 Å². The number of Topliss-reactive ketones (excluding diaryl/α,β-unsaturated/α-hetero) is 1. The predicted octanol–water partition coefficient (Wildman–Crippen LogP) is 1.78. The Morgan fingerprint density at radius 3 is 2.11 bits per heavy atom. The highest BCUT2D eigenvalue weighted by atomic mass is 16.5. The first-order chi connectivity index (χ1) is 8.40. The van der Waals surface area contributed by atoms with Gasteiger partial charge in [-0.3, -0.25) is 14.4 Å². The smallest absolute Gasteiger partial charge is 0.303 e. The fraction of sp³-hybridized carbons (Fsp3) is 0.308. The summed E-state index contributed by atoms with van der Waals surface area (Å²) < 4.78 is 4.74. The van der Waals surface area contributed by atoms with Gasteiger partial charge >= 0.3 is 5.97 Å². The van der Waals surface area contributed by atoms with Crippen molar-refractivity contribution in [3.8, 4) is 0 Å². The second-order valence-corrected chi connectivity index (χ2v) is 3.87. The second-order valence-electron chi connectivity index (χ2n) is 3.87. The molecule has 0 heterocycles. The van der Waals surface area contributed by atoms with Crippen molar-refractivity contribution in [2.24, 2.45) is 0 Å². The van der Waals surface area contributed by atoms with Crippen LogP contribution in [0, 0.1) is 0 Å². The Morgan fingerprint density at radius 1 is 1.11 bits per heavy atom. The molecule has 1 atom stereocenters. The van der Waals surface area contributed by atoms with Gasteiger partial charge in [-0.05, 0) is 38.1 Å². The van der Waals surface area contributed by atoms with E-state index in [-0.39, 0.29) is 5.78 Å². The Morgan fingerprint density at radius 2 is 1.67 bits per heavy atom. The molecule has 0 bridgehead atoms. The summed E-state index contributed by atoms with van der Waals surface area (Å²) in [6.45, 7) is 4.20. The minimum atomic E-state index is -0.852. The maximum absolute atomic E-state index is 11.6. The number of ether oxygens (including phenoxy) is 1. The molecule has 18 heavy (non-hydrogen) atoms. The number of hydrogen-bond donors (Lipinski definition) is 1. The van der Waals surface area contributed by atoms with Gasteiger partial charge in [-0.2, -0.15) is 0 Å². The van der Waals surface area contributed by atoms with Gasteiger partial charge in [0.2, 0.25) is 0 Å². The molecule has 0 aliphatic heterocycles. The summed E-state index contributed by atoms with van der Waals surface area (Å²) >= 11 is 0. The Bertz CT molecular complexity index is 464. The van der Waals surface area contributed by atoms with Gasteiger partial charge in [0.15, 0.2) is 11.9 Å². The highest BCUT2D eigenvalue weighted by Gasteiger charge is 2.15. The minimum absolute atomic E-state index is 0.0406. The van der Waals surface area contributed by atoms with Crippen molar-refractivity contribution in [1.82, 2.24) is 0 Å². The van der Waals surface area contributed by atoms with Crippen LogP contribution in [-0.2, 0) is 14.3 Å². The quantitative estimate of drug-likeness (QED) is 0.652. The molecule has 0 fully saturated rings. The SMILES string of the molecule is CC(=O)O[C@@H](C)C(=O)Nc1ccc(C(C)=O)cc1. The molecule has 96 valence electrons. The summed E-state index contributed by atoms with van der Waals surface area (Å²) in [5, 5.41) is 2.59. The van der Waals surface area contributed by atoms with E-state index in [0.717, 1.165) is 0 Å². The molecular weight excluding hydrogens is 234 g/mol. The van der Waals surface area contributed by atoms with Crippen molar-refractivity contribution in [1.29, 1.82) is 0 Å². The van der Waals surface area contributed by atoms with Gasteiger partial charge in [-0.15, -0.1) is 0 Å². The molecule has 0 aliphatic carbocycles. The van der Waals surface area contributed by atoms with Crippen LogP contribution < -0.4 is 5.32 Å². The Kier molecular flexibility index (Phi) is 4.59. The van der Waals surface area contributed by atoms with E-state index in [1.807, 2.05) is 0 Å². The molecule has 0 radical (unpaired) electrons. The van der Waals surface area contributed by atoms with E-state index >= 15 is 0 Å². The molecule has 1 amide bonds. The van der Waals surface area contributed by atoms with Crippen LogP contribution >= 0.6 is 0 Å². The maximum Gasteiger partial charge on any atom is 0.303 e. The summed E-state index contributed by atoms with van der Waals surface area (Å²) in [6, 6.07) is 6.48. The highest BCUT2D eigenvalue weighted by Crippen LogP contribution is 2.10. The van der Waals surface area contributed by atoms with Gasteiger partial charge in [0, 0.05) is 18.2 Å². The van der Waals surface area contributed by atoms with Crippen molar-refractivity contribution in [3.63, 3.8) is 0 Å². The number of ketones is 1. The molecule has 0 spiro atoms. The van der Waals surface area contributed by atoms with Crippen molar-refractivity contribution < 1.29 is 19.1 Å². The second kappa shape index (κ2) is 5.95. The molecule has 5 heteroatoms. The summed E-state index contributed by atoms with van der Waals surface area (Å²) in [4.78, 5) is 33.4. The van der Waals surface area contributed by atoms with E-state index in [4.69, 9.17) is 4.74 Å². The predicted molar refractivity (Wildman–Crippen MR) is 66.3 cm³/mol. The van der Waals surface area contributed by atoms with Crippen LogP contribution in [0.4, 0.5) is 5.69 Å². The number of carbonyl (C=O) groups is 3. The lowest BCUT2D eigenvalue weighted by Gasteiger charge is -2.12. The molecule has 5 nitrogen and oxygen atoms in total. The van der Waals surface area contributed by atoms with Crippen LogP contribution in [0.1, 0.15) is 31.1 Å². The van der Waals surface area contributed by atoms with Crippen LogP contribution in [0.3, 0.4) is 0 Å². The third-order valence-electron chi connectivity index (χ3n) is 2.27. The van der Waals surface area contributed by atoms with Crippen LogP contribution in [0.25, 0.3) is 0 Å². The van der Waals surface area contributed by atoms with Gasteiger partial charge in [0.25, 0.3) is 5.91 Å². The molecule has 0 unspecified atom stereocenters. The normalized spacial score (nSPS) is 11.5. The third kappa shape index (κ3) is 4.01. The number of nitrogens with one attached hydrogen (secondary N) is 1. The molecule has 0 saturated heterocycles. The van der Waals surface area contributed by atoms with Gasteiger partial charge < -0.3 is 10.1 Å². The molecule has 1 N–H and O–H groups in total. The lowest BCUT2D eigenvalue weighted by atomic mass is 10.1. The van der Waals surface area contributed by atoms with Crippen molar-refractivity contribution in [2.45, 2.75) is 26.9 Å². The van der Waals surface area contributed by atoms with Crippen molar-refractivity contribution in [3.05, 3.63) is 29.8 Å². The van der Waals surface area contributed by atoms with Gasteiger partial charge in [0.1, 0.15) is 0 Å². The van der Waals surface area contributed by atoms with Crippen LogP contribution in [0.5, 0.6) is 0 Å². The largest absolute Gasteiger partial charge is 0.453 e. The number of anilines is 1. The Hall–Kier alpha value is -2.17. The first-order valence-corrected chi connectivity index (χ1v) is 5.49. The third-order valence-corrected chi connectivity index (χ3v) is 2.27. The van der Waals surface area contributed by atoms with Crippen molar-refractivity contribution >= 4 is 23.3 Å². The first-order valence-electron chi connectivity index (χ1n) is 5.49. The fourth-order valence-corrected chi connectivity index (χ4v) is 1.33. The summed E-state index contributed by atoms with van der Waals surface area (Å²) in [7, 11) is 0. The zero-order valence-corrected chi connectivity index (χ0v) is 10.5. The van der Waals surface area contributed by atoms with Crippen LogP contribution in [-0.4, -0.2) is 23.8 Å². The average Bonchev–Trinajstić information content (AvgIpc) is 2.28. The van der Waals surface area contributed by atoms with E-state index in [0.29, 0.717) is 11.3 Å². The maximum atomic E-state index is 11.6. The first kappa shape index (κ1) is 13.9. The number of rotatable bonds is 4. The summed E-state index contributed by atoms with van der Waals surface area (Å²) in [5.41, 5.74) is 1.12. The van der Waals surface area contributed by atoms with E-state index in [9.17, 15) is 14.4 Å². The molecule has 1 aromatic carbocycles. The van der Waals surface area contributed by atoms with Gasteiger partial charge in [-0.1, -0.05) is 0 Å². The van der Waals surface area contributed by atoms with Gasteiger partial charge in [0.05, 0.1) is 0 Å². The monoisotopic (exact) mass is 249 g/mol. The van der Waals surface area contributed by atoms with Gasteiger partial charge in [-0.25, -0.2) is 0 Å². The number of benzene rings is 1. The van der Waals surface area contributed by atoms with E-state index in [1.54, 1.807) is 24.3 Å². The number of esters is 1. The molecule has 0 saturated carbocycles. The molecule has 0 aromatic heterocycles. The highest BCUT2D eigenvalue weighted by molar-refractivity contribution is 5.97. The lowest BCUT2D eigenvalue weighted by molar-refractivity contribution is -0.150. The number of amides is 1. The zero-order chi connectivity index (χ0) is 13.7. The molecule has 0 aliphatic rings. The number of hydrogen-bond acceptors (Lipinski definition) is 4. The average molecular weight is 249 g/mol. The summed E-state index contributed by atoms with van der Waals surface area (Å²) in [6.07, 6.45) is -0.852. The van der Waals surface area contributed by atoms with Crippen LogP contribution in [0.2, 0.25) is 0 Å². The Balaban J connectivity index is 2.64. The molecule has 1 rings (SSSR count). The van der Waals surface area contributed by atoms with E-state index in [2.05, 4.69) is 5.32 Å². The molecule has 1 aromatic rings. The van der Waals surface area contributed by atoms with E-state index in [1.165, 1.54) is 20.8 Å².